The van der Waals surface area contributed by atoms with Crippen LogP contribution in [-0.4, -0.2) is 97.2 Å². The van der Waals surface area contributed by atoms with Gasteiger partial charge in [-0.2, -0.15) is 4.98 Å². The molecule has 1 aliphatic carbocycles. The van der Waals surface area contributed by atoms with E-state index in [-0.39, 0.29) is 30.1 Å². The van der Waals surface area contributed by atoms with Gasteiger partial charge in [-0.1, -0.05) is 12.8 Å². The Kier molecular flexibility index (Phi) is 7.52. The normalized spacial score (nSPS) is 21.8. The van der Waals surface area contributed by atoms with Crippen LogP contribution in [0.2, 0.25) is 0 Å². The zero-order chi connectivity index (χ0) is 28.7. The molecule has 12 nitrogen and oxygen atoms in total. The number of nitrogens with zero attached hydrogens (tertiary/aromatic N) is 7. The Hall–Kier alpha value is -3.77. The number of aromatic nitrogens is 4. The summed E-state index contributed by atoms with van der Waals surface area (Å²) in [6, 6.07) is 5.84. The van der Waals surface area contributed by atoms with Crippen molar-refractivity contribution in [2.75, 3.05) is 39.1 Å². The minimum atomic E-state index is -0.820. The van der Waals surface area contributed by atoms with E-state index in [1.54, 1.807) is 37.5 Å². The predicted molar refractivity (Wildman–Crippen MR) is 153 cm³/mol. The van der Waals surface area contributed by atoms with Gasteiger partial charge in [0, 0.05) is 68.7 Å². The van der Waals surface area contributed by atoms with Gasteiger partial charge in [-0.05, 0) is 50.8 Å². The van der Waals surface area contributed by atoms with Crippen molar-refractivity contribution >= 4 is 34.8 Å². The van der Waals surface area contributed by atoms with Crippen molar-refractivity contribution in [3.63, 3.8) is 0 Å². The van der Waals surface area contributed by atoms with E-state index < -0.39 is 6.23 Å². The number of aliphatic hydroxyl groups is 1. The fourth-order valence-electron chi connectivity index (χ4n) is 6.58. The summed E-state index contributed by atoms with van der Waals surface area (Å²) in [4.78, 5) is 44.6. The maximum absolute atomic E-state index is 13.0. The Morgan fingerprint density at radius 1 is 1.07 bits per heavy atom. The number of fused-ring (bicyclic) bond motifs is 3. The summed E-state index contributed by atoms with van der Waals surface area (Å²) in [6.45, 7) is 3.34. The number of anilines is 2. The molecule has 1 saturated carbocycles. The molecule has 2 saturated heterocycles. The van der Waals surface area contributed by atoms with E-state index in [1.165, 1.54) is 0 Å². The Bertz CT molecular complexity index is 1400. The molecular weight excluding hydrogens is 524 g/mol. The monoisotopic (exact) mass is 562 g/mol. The fraction of sp³-hybridized carbons (Fsp3) is 0.552. The number of carbonyl (C=O) groups is 2. The van der Waals surface area contributed by atoms with Crippen molar-refractivity contribution < 1.29 is 19.4 Å². The first-order valence-corrected chi connectivity index (χ1v) is 14.5. The van der Waals surface area contributed by atoms with Crippen LogP contribution in [0.5, 0.6) is 0 Å². The van der Waals surface area contributed by atoms with Gasteiger partial charge in [-0.25, -0.2) is 14.8 Å². The highest BCUT2D eigenvalue weighted by atomic mass is 16.6. The summed E-state index contributed by atoms with van der Waals surface area (Å²) in [7, 11) is 3.52. The average Bonchev–Trinajstić information content (AvgIpc) is 3.69. The van der Waals surface area contributed by atoms with E-state index in [4.69, 9.17) is 9.72 Å². The number of rotatable bonds is 7. The van der Waals surface area contributed by atoms with Crippen LogP contribution < -0.4 is 5.32 Å². The quantitative estimate of drug-likeness (QED) is 0.443. The van der Waals surface area contributed by atoms with Crippen LogP contribution in [0, 0.1) is 0 Å². The smallest absolute Gasteiger partial charge is 0.410 e. The second-order valence-corrected chi connectivity index (χ2v) is 11.4. The van der Waals surface area contributed by atoms with E-state index in [9.17, 15) is 14.7 Å². The molecule has 0 aromatic carbocycles. The van der Waals surface area contributed by atoms with Crippen molar-refractivity contribution in [3.05, 3.63) is 41.9 Å². The molecule has 0 radical (unpaired) electrons. The minimum Gasteiger partial charge on any atom is -0.450 e. The molecular formula is C29H38N8O4. The van der Waals surface area contributed by atoms with Crippen molar-refractivity contribution in [2.24, 2.45) is 0 Å². The van der Waals surface area contributed by atoms with Crippen molar-refractivity contribution in [2.45, 2.75) is 69.8 Å². The Labute approximate surface area is 239 Å². The third-order valence-corrected chi connectivity index (χ3v) is 8.55. The molecule has 218 valence electrons. The number of hydrogen-bond acceptors (Lipinski definition) is 9. The molecule has 3 atom stereocenters. The number of nitrogens with one attached hydrogen (secondary N) is 1. The van der Waals surface area contributed by atoms with Gasteiger partial charge in [0.2, 0.25) is 5.95 Å². The summed E-state index contributed by atoms with van der Waals surface area (Å²) in [5.74, 6) is 0.901. The molecule has 2 bridgehead atoms. The molecule has 3 aromatic heterocycles. The number of carbonyl (C=O) groups excluding carboxylic acids is 2. The van der Waals surface area contributed by atoms with Crippen LogP contribution in [0.15, 0.2) is 30.6 Å². The lowest BCUT2D eigenvalue weighted by atomic mass is 10.1. The van der Waals surface area contributed by atoms with Gasteiger partial charge in [0.25, 0.3) is 5.91 Å². The third-order valence-electron chi connectivity index (χ3n) is 8.55. The molecule has 41 heavy (non-hydrogen) atoms. The van der Waals surface area contributed by atoms with Gasteiger partial charge in [-0.3, -0.25) is 14.6 Å². The summed E-state index contributed by atoms with van der Waals surface area (Å²) in [5, 5.41) is 15.1. The summed E-state index contributed by atoms with van der Waals surface area (Å²) in [6.07, 6.45) is 8.46. The summed E-state index contributed by atoms with van der Waals surface area (Å²) >= 11 is 0. The highest BCUT2D eigenvalue weighted by Gasteiger charge is 2.44. The molecule has 0 spiro atoms. The summed E-state index contributed by atoms with van der Waals surface area (Å²) < 4.78 is 7.32. The van der Waals surface area contributed by atoms with E-state index >= 15 is 0 Å². The van der Waals surface area contributed by atoms with E-state index in [1.807, 2.05) is 28.9 Å². The number of piperazine rings is 1. The molecule has 3 aromatic rings. The van der Waals surface area contributed by atoms with Crippen LogP contribution in [0.4, 0.5) is 16.6 Å². The van der Waals surface area contributed by atoms with Gasteiger partial charge in [0.05, 0.1) is 6.61 Å². The molecule has 2 N–H and O–H groups in total. The van der Waals surface area contributed by atoms with Crippen molar-refractivity contribution in [1.82, 2.24) is 34.2 Å². The van der Waals surface area contributed by atoms with Crippen molar-refractivity contribution in [3.8, 4) is 0 Å². The second-order valence-electron chi connectivity index (χ2n) is 11.4. The highest BCUT2D eigenvalue weighted by molar-refractivity contribution is 5.97. The van der Waals surface area contributed by atoms with E-state index in [0.717, 1.165) is 49.6 Å². The van der Waals surface area contributed by atoms with Crippen LogP contribution in [-0.2, 0) is 4.74 Å². The maximum atomic E-state index is 13.0. The van der Waals surface area contributed by atoms with E-state index in [0.29, 0.717) is 42.7 Å². The first kappa shape index (κ1) is 27.4. The second kappa shape index (κ2) is 11.2. The number of aliphatic hydroxyl groups excluding tert-OH is 1. The van der Waals surface area contributed by atoms with Crippen LogP contribution >= 0.6 is 0 Å². The predicted octanol–water partition coefficient (Wildman–Crippen LogP) is 3.68. The van der Waals surface area contributed by atoms with Crippen LogP contribution in [0.1, 0.15) is 73.8 Å². The zero-order valence-corrected chi connectivity index (χ0v) is 23.9. The molecule has 2 aliphatic heterocycles. The minimum absolute atomic E-state index is 0.0418. The van der Waals surface area contributed by atoms with Gasteiger partial charge in [0.15, 0.2) is 0 Å². The number of pyridine rings is 1. The Morgan fingerprint density at radius 3 is 2.44 bits per heavy atom. The molecule has 3 unspecified atom stereocenters. The number of likely N-dealkylation sites (tertiary alicyclic amines) is 1. The first-order chi connectivity index (χ1) is 19.8. The number of ether oxygens (including phenoxy) is 1. The molecule has 3 aliphatic rings. The summed E-state index contributed by atoms with van der Waals surface area (Å²) in [5.41, 5.74) is 2.05. The lowest BCUT2D eigenvalue weighted by Crippen LogP contribution is -2.56. The number of hydrogen-bond donors (Lipinski definition) is 2. The largest absolute Gasteiger partial charge is 0.450 e. The fourth-order valence-corrected chi connectivity index (χ4v) is 6.58. The standard InChI is InChI=1S/C29H38N8O4/c1-4-41-29(40)36-21-10-11-22(36)17-35(16-21)26(38)18-9-12-24(30-14-18)32-28-31-15-19-13-23(27(39)34(2)3)37(25(19)33-28)20-7-5-6-8-20/h9,12-15,20-22,26,38H,4-8,10-11,16-17H2,1-3H3,(H,30,31,32,33). The van der Waals surface area contributed by atoms with Gasteiger partial charge >= 0.3 is 6.09 Å². The molecule has 3 fully saturated rings. The lowest BCUT2D eigenvalue weighted by molar-refractivity contribution is -0.0484. The zero-order valence-electron chi connectivity index (χ0n) is 23.9. The average molecular weight is 563 g/mol. The molecule has 5 heterocycles. The number of amides is 2. The molecule has 2 amide bonds. The lowest BCUT2D eigenvalue weighted by Gasteiger charge is -2.42. The Morgan fingerprint density at radius 2 is 1.80 bits per heavy atom. The van der Waals surface area contributed by atoms with E-state index in [2.05, 4.69) is 19.9 Å². The molecule has 12 heteroatoms. The highest BCUT2D eigenvalue weighted by Crippen LogP contribution is 2.36. The van der Waals surface area contributed by atoms with Gasteiger partial charge in [-0.15, -0.1) is 0 Å². The third kappa shape index (κ3) is 5.21. The maximum Gasteiger partial charge on any atom is 0.410 e. The topological polar surface area (TPSA) is 129 Å². The Balaban J connectivity index is 1.17. The van der Waals surface area contributed by atoms with Crippen LogP contribution in [0.3, 0.4) is 0 Å². The first-order valence-electron chi connectivity index (χ1n) is 14.5. The van der Waals surface area contributed by atoms with Gasteiger partial charge in [0.1, 0.15) is 23.4 Å². The van der Waals surface area contributed by atoms with Gasteiger partial charge < -0.3 is 24.6 Å². The molecule has 6 rings (SSSR count). The SMILES string of the molecule is CCOC(=O)N1C2CCC1CN(C(O)c1ccc(Nc3ncc4cc(C(=O)N(C)C)n(C5CCCC5)c4n3)nc1)C2. The van der Waals surface area contributed by atoms with Crippen LogP contribution in [0.25, 0.3) is 11.0 Å². The van der Waals surface area contributed by atoms with Crippen molar-refractivity contribution in [1.29, 1.82) is 0 Å².